The number of morpholine rings is 1. The molecule has 1 aliphatic heterocycles. The second-order valence-electron chi connectivity index (χ2n) is 7.86. The summed E-state index contributed by atoms with van der Waals surface area (Å²) >= 11 is 0. The van der Waals surface area contributed by atoms with Crippen LogP contribution in [0.2, 0.25) is 0 Å². The Morgan fingerprint density at radius 3 is 2.70 bits per heavy atom. The van der Waals surface area contributed by atoms with E-state index >= 15 is 0 Å². The highest BCUT2D eigenvalue weighted by atomic mass is 16.6. The lowest BCUT2D eigenvalue weighted by molar-refractivity contribution is 0.0495. The monoisotopic (exact) mass is 327 g/mol. The summed E-state index contributed by atoms with van der Waals surface area (Å²) in [5.41, 5.74) is -0.453. The highest BCUT2D eigenvalue weighted by Gasteiger charge is 2.33. The van der Waals surface area contributed by atoms with Crippen LogP contribution in [0, 0.1) is 5.92 Å². The fourth-order valence-electron chi connectivity index (χ4n) is 2.90. The lowest BCUT2D eigenvalue weighted by Gasteiger charge is -2.28. The van der Waals surface area contributed by atoms with Crippen LogP contribution >= 0.6 is 0 Å². The van der Waals surface area contributed by atoms with Gasteiger partial charge in [0.05, 0.1) is 13.2 Å². The molecule has 0 radical (unpaired) electrons. The van der Waals surface area contributed by atoms with Crippen LogP contribution in [0.15, 0.2) is 0 Å². The Morgan fingerprint density at radius 1 is 1.39 bits per heavy atom. The first-order chi connectivity index (χ1) is 10.8. The molecule has 3 N–H and O–H groups in total. The molecular weight excluding hydrogens is 294 g/mol. The fourth-order valence-corrected chi connectivity index (χ4v) is 2.90. The van der Waals surface area contributed by atoms with Crippen LogP contribution in [0.1, 0.15) is 47.0 Å². The van der Waals surface area contributed by atoms with E-state index in [2.05, 4.69) is 22.9 Å². The van der Waals surface area contributed by atoms with E-state index in [-0.39, 0.29) is 12.1 Å². The van der Waals surface area contributed by atoms with Crippen LogP contribution in [-0.4, -0.2) is 56.1 Å². The Hall–Kier alpha value is -0.850. The summed E-state index contributed by atoms with van der Waals surface area (Å²) in [6, 6.07) is 0.961. The van der Waals surface area contributed by atoms with Gasteiger partial charge in [-0.15, -0.1) is 0 Å². The van der Waals surface area contributed by atoms with Crippen LogP contribution in [0.25, 0.3) is 0 Å². The molecule has 1 heterocycles. The number of amides is 1. The maximum atomic E-state index is 12.0. The molecule has 0 aromatic carbocycles. The Balaban J connectivity index is 1.70. The van der Waals surface area contributed by atoms with Gasteiger partial charge < -0.3 is 25.4 Å². The van der Waals surface area contributed by atoms with Crippen molar-refractivity contribution in [2.75, 3.05) is 26.3 Å². The molecule has 0 aromatic rings. The van der Waals surface area contributed by atoms with Crippen molar-refractivity contribution in [3.63, 3.8) is 0 Å². The zero-order chi connectivity index (χ0) is 16.9. The molecule has 134 valence electrons. The largest absolute Gasteiger partial charge is 0.444 e. The highest BCUT2D eigenvalue weighted by molar-refractivity contribution is 5.68. The van der Waals surface area contributed by atoms with E-state index in [0.717, 1.165) is 32.7 Å². The number of carbonyl (C=O) groups excluding carboxylic acids is 1. The van der Waals surface area contributed by atoms with Crippen molar-refractivity contribution in [1.29, 1.82) is 0 Å². The van der Waals surface area contributed by atoms with Gasteiger partial charge in [0.15, 0.2) is 0 Å². The molecule has 3 atom stereocenters. The summed E-state index contributed by atoms with van der Waals surface area (Å²) in [6.45, 7) is 11.2. The van der Waals surface area contributed by atoms with Crippen LogP contribution in [0.5, 0.6) is 0 Å². The minimum Gasteiger partial charge on any atom is -0.444 e. The lowest BCUT2D eigenvalue weighted by Crippen LogP contribution is -2.49. The second kappa shape index (κ2) is 8.31. The molecule has 0 aromatic heterocycles. The quantitative estimate of drug-likeness (QED) is 0.663. The molecule has 23 heavy (non-hydrogen) atoms. The zero-order valence-electron chi connectivity index (χ0n) is 15.0. The van der Waals surface area contributed by atoms with Crippen molar-refractivity contribution < 1.29 is 14.3 Å². The van der Waals surface area contributed by atoms with Gasteiger partial charge in [0.2, 0.25) is 0 Å². The van der Waals surface area contributed by atoms with Gasteiger partial charge in [0.25, 0.3) is 0 Å². The summed E-state index contributed by atoms with van der Waals surface area (Å²) in [7, 11) is 0. The predicted molar refractivity (Wildman–Crippen MR) is 90.6 cm³/mol. The fraction of sp³-hybridized carbons (Fsp3) is 0.941. The third-order valence-electron chi connectivity index (χ3n) is 4.22. The van der Waals surface area contributed by atoms with Gasteiger partial charge in [-0.1, -0.05) is 0 Å². The van der Waals surface area contributed by atoms with Gasteiger partial charge >= 0.3 is 6.09 Å². The van der Waals surface area contributed by atoms with Crippen molar-refractivity contribution >= 4 is 6.09 Å². The SMILES string of the molecule is CC(CC1COCCN1)NCC(NC(=O)OC(C)(C)C)C1CC1. The first kappa shape index (κ1) is 18.5. The smallest absolute Gasteiger partial charge is 0.407 e. The summed E-state index contributed by atoms with van der Waals surface area (Å²) in [5.74, 6) is 0.582. The number of alkyl carbamates (subject to hydrolysis) is 1. The van der Waals surface area contributed by atoms with Gasteiger partial charge in [0.1, 0.15) is 5.60 Å². The number of hydrogen-bond donors (Lipinski definition) is 3. The summed E-state index contributed by atoms with van der Waals surface area (Å²) < 4.78 is 10.9. The normalized spacial score (nSPS) is 24.8. The van der Waals surface area contributed by atoms with E-state index in [9.17, 15) is 4.79 Å². The molecule has 3 unspecified atom stereocenters. The van der Waals surface area contributed by atoms with E-state index < -0.39 is 5.60 Å². The topological polar surface area (TPSA) is 71.6 Å². The molecule has 0 bridgehead atoms. The van der Waals surface area contributed by atoms with Gasteiger partial charge in [-0.05, 0) is 52.9 Å². The Kier molecular flexibility index (Phi) is 6.68. The Morgan fingerprint density at radius 2 is 2.13 bits per heavy atom. The Labute approximate surface area is 140 Å². The molecule has 1 aliphatic carbocycles. The molecule has 0 spiro atoms. The van der Waals surface area contributed by atoms with E-state index in [4.69, 9.17) is 9.47 Å². The number of ether oxygens (including phenoxy) is 2. The summed E-state index contributed by atoms with van der Waals surface area (Å²) in [5, 5.41) is 10.1. The van der Waals surface area contributed by atoms with Gasteiger partial charge in [0, 0.05) is 31.2 Å². The van der Waals surface area contributed by atoms with Crippen molar-refractivity contribution in [2.24, 2.45) is 5.92 Å². The van der Waals surface area contributed by atoms with E-state index in [1.54, 1.807) is 0 Å². The third-order valence-corrected chi connectivity index (χ3v) is 4.22. The van der Waals surface area contributed by atoms with Crippen LogP contribution in [0.3, 0.4) is 0 Å². The van der Waals surface area contributed by atoms with Gasteiger partial charge in [-0.25, -0.2) is 4.79 Å². The maximum Gasteiger partial charge on any atom is 0.407 e. The second-order valence-corrected chi connectivity index (χ2v) is 7.86. The number of rotatable bonds is 7. The first-order valence-electron chi connectivity index (χ1n) is 8.87. The van der Waals surface area contributed by atoms with E-state index in [1.807, 2.05) is 20.8 Å². The molecule has 2 fully saturated rings. The molecule has 2 aliphatic rings. The van der Waals surface area contributed by atoms with Crippen LogP contribution in [-0.2, 0) is 9.47 Å². The highest BCUT2D eigenvalue weighted by Crippen LogP contribution is 2.32. The molecule has 1 saturated heterocycles. The third kappa shape index (κ3) is 7.50. The van der Waals surface area contributed by atoms with Crippen molar-refractivity contribution in [1.82, 2.24) is 16.0 Å². The van der Waals surface area contributed by atoms with Crippen molar-refractivity contribution in [3.05, 3.63) is 0 Å². The molecule has 1 saturated carbocycles. The molecular formula is C17H33N3O3. The Bertz CT molecular complexity index is 374. The number of hydrogen-bond acceptors (Lipinski definition) is 5. The summed E-state index contributed by atoms with van der Waals surface area (Å²) in [4.78, 5) is 12.0. The predicted octanol–water partition coefficient (Wildman–Crippen LogP) is 1.65. The van der Waals surface area contributed by atoms with Crippen LogP contribution < -0.4 is 16.0 Å². The molecule has 2 rings (SSSR count). The standard InChI is InChI=1S/C17H33N3O3/c1-12(9-14-11-22-8-7-18-14)19-10-15(13-5-6-13)20-16(21)23-17(2,3)4/h12-15,18-19H,5-11H2,1-4H3,(H,20,21). The lowest BCUT2D eigenvalue weighted by atomic mass is 10.1. The number of nitrogens with one attached hydrogen (secondary N) is 3. The van der Waals surface area contributed by atoms with Crippen LogP contribution in [0.4, 0.5) is 4.79 Å². The average Bonchev–Trinajstić information content (AvgIpc) is 3.27. The zero-order valence-corrected chi connectivity index (χ0v) is 15.0. The minimum atomic E-state index is -0.453. The van der Waals surface area contributed by atoms with Gasteiger partial charge in [-0.2, -0.15) is 0 Å². The summed E-state index contributed by atoms with van der Waals surface area (Å²) in [6.07, 6.45) is 3.10. The molecule has 1 amide bonds. The van der Waals surface area contributed by atoms with Gasteiger partial charge in [-0.3, -0.25) is 0 Å². The first-order valence-corrected chi connectivity index (χ1v) is 8.87. The molecule has 6 nitrogen and oxygen atoms in total. The van der Waals surface area contributed by atoms with E-state index in [0.29, 0.717) is 18.0 Å². The van der Waals surface area contributed by atoms with E-state index in [1.165, 1.54) is 12.8 Å². The minimum absolute atomic E-state index is 0.155. The van der Waals surface area contributed by atoms with Crippen molar-refractivity contribution in [3.8, 4) is 0 Å². The van der Waals surface area contributed by atoms with Crippen molar-refractivity contribution in [2.45, 2.75) is 70.7 Å². The molecule has 6 heteroatoms. The average molecular weight is 327 g/mol. The maximum absolute atomic E-state index is 12.0. The number of carbonyl (C=O) groups is 1.